The van der Waals surface area contributed by atoms with Crippen LogP contribution in [-0.2, 0) is 16.6 Å². The molecule has 2 aromatic carbocycles. The van der Waals surface area contributed by atoms with Gasteiger partial charge in [-0.3, -0.25) is 9.69 Å². The summed E-state index contributed by atoms with van der Waals surface area (Å²) in [5.74, 6) is -0.709. The summed E-state index contributed by atoms with van der Waals surface area (Å²) in [6.07, 6.45) is 4.77. The van der Waals surface area contributed by atoms with Crippen LogP contribution in [0.1, 0.15) is 65.9 Å². The second-order valence-electron chi connectivity index (χ2n) is 9.70. The molecule has 188 valence electrons. The van der Waals surface area contributed by atoms with Crippen LogP contribution in [0, 0.1) is 5.82 Å². The van der Waals surface area contributed by atoms with Crippen LogP contribution in [0.4, 0.5) is 4.39 Å². The Bertz CT molecular complexity index is 1230. The first-order valence-corrected chi connectivity index (χ1v) is 14.2. The number of carbonyl (C=O) groups is 1. The lowest BCUT2D eigenvalue weighted by atomic mass is 9.97. The molecule has 3 fully saturated rings. The van der Waals surface area contributed by atoms with Crippen LogP contribution in [0.15, 0.2) is 30.3 Å². The van der Waals surface area contributed by atoms with E-state index in [0.29, 0.717) is 41.7 Å². The lowest BCUT2D eigenvalue weighted by molar-refractivity contribution is 0.0841. The quantitative estimate of drug-likeness (QED) is 0.493. The molecule has 1 N–H and O–H groups in total. The van der Waals surface area contributed by atoms with E-state index in [9.17, 15) is 13.2 Å². The fourth-order valence-electron chi connectivity index (χ4n) is 4.65. The van der Waals surface area contributed by atoms with Gasteiger partial charge < -0.3 is 4.74 Å². The Labute approximate surface area is 214 Å². The van der Waals surface area contributed by atoms with Crippen LogP contribution < -0.4 is 9.46 Å². The first-order valence-electron chi connectivity index (χ1n) is 11.9. The molecule has 2 saturated carbocycles. The fraction of sp³-hybridized carbons (Fsp3) is 0.480. The van der Waals surface area contributed by atoms with E-state index in [4.69, 9.17) is 27.9 Å². The Morgan fingerprint density at radius 3 is 2.43 bits per heavy atom. The lowest BCUT2D eigenvalue weighted by Gasteiger charge is -2.33. The Balaban J connectivity index is 1.30. The van der Waals surface area contributed by atoms with E-state index in [-0.39, 0.29) is 17.6 Å². The molecule has 1 unspecified atom stereocenters. The normalized spacial score (nSPS) is 21.1. The summed E-state index contributed by atoms with van der Waals surface area (Å²) in [5, 5.41) is 0.478. The molecule has 0 bridgehead atoms. The first-order chi connectivity index (χ1) is 16.7. The minimum Gasteiger partial charge on any atom is -0.489 e. The van der Waals surface area contributed by atoms with Crippen LogP contribution in [-0.4, -0.2) is 43.7 Å². The van der Waals surface area contributed by atoms with E-state index in [0.717, 1.165) is 43.4 Å². The van der Waals surface area contributed by atoms with Gasteiger partial charge in [0.1, 0.15) is 17.7 Å². The number of halogens is 3. The summed E-state index contributed by atoms with van der Waals surface area (Å²) in [6, 6.07) is 8.07. The molecule has 2 aromatic rings. The summed E-state index contributed by atoms with van der Waals surface area (Å²) >= 11 is 12.2. The van der Waals surface area contributed by atoms with Crippen LogP contribution in [0.25, 0.3) is 0 Å². The maximum absolute atomic E-state index is 15.0. The predicted octanol–water partition coefficient (Wildman–Crippen LogP) is 5.28. The van der Waals surface area contributed by atoms with Crippen molar-refractivity contribution >= 4 is 39.1 Å². The van der Waals surface area contributed by atoms with Crippen LogP contribution in [0.3, 0.4) is 0 Å². The maximum atomic E-state index is 15.0. The number of sulfonamides is 1. The lowest BCUT2D eigenvalue weighted by Crippen LogP contribution is -2.40. The van der Waals surface area contributed by atoms with Gasteiger partial charge in [0.25, 0.3) is 5.91 Å². The number of likely N-dealkylation sites (tertiary alicyclic amines) is 1. The van der Waals surface area contributed by atoms with Gasteiger partial charge in [0.15, 0.2) is 0 Å². The Morgan fingerprint density at radius 1 is 1.06 bits per heavy atom. The molecule has 0 radical (unpaired) electrons. The molecule has 6 nitrogen and oxygen atoms in total. The van der Waals surface area contributed by atoms with E-state index < -0.39 is 27.0 Å². The maximum Gasteiger partial charge on any atom is 0.267 e. The number of hydrogen-bond donors (Lipinski definition) is 1. The van der Waals surface area contributed by atoms with Crippen molar-refractivity contribution in [1.29, 1.82) is 0 Å². The number of benzene rings is 2. The van der Waals surface area contributed by atoms with Crippen molar-refractivity contribution in [3.8, 4) is 5.75 Å². The van der Waals surface area contributed by atoms with Crippen molar-refractivity contribution in [2.24, 2.45) is 0 Å². The average molecular weight is 541 g/mol. The molecule has 1 aliphatic heterocycles. The van der Waals surface area contributed by atoms with Gasteiger partial charge in [-0.1, -0.05) is 23.2 Å². The molecule has 5 rings (SSSR count). The van der Waals surface area contributed by atoms with Gasteiger partial charge in [-0.25, -0.2) is 17.5 Å². The fourth-order valence-corrected chi connectivity index (χ4v) is 6.44. The zero-order valence-corrected chi connectivity index (χ0v) is 21.4. The van der Waals surface area contributed by atoms with E-state index in [1.54, 1.807) is 24.3 Å². The molecule has 2 aliphatic carbocycles. The number of amides is 1. The average Bonchev–Trinajstić information content (AvgIpc) is 3.66. The highest BCUT2D eigenvalue weighted by molar-refractivity contribution is 7.91. The minimum atomic E-state index is -3.74. The number of carbonyl (C=O) groups excluding carboxylic acids is 1. The molecular formula is C25H27Cl2FN2O4S. The summed E-state index contributed by atoms with van der Waals surface area (Å²) in [5.41, 5.74) is 1.54. The van der Waals surface area contributed by atoms with E-state index in [2.05, 4.69) is 4.90 Å². The van der Waals surface area contributed by atoms with Gasteiger partial charge in [-0.05, 0) is 92.4 Å². The number of piperidine rings is 1. The Kier molecular flexibility index (Phi) is 7.00. The van der Waals surface area contributed by atoms with Gasteiger partial charge in [0.2, 0.25) is 10.0 Å². The highest BCUT2D eigenvalue weighted by Crippen LogP contribution is 2.43. The van der Waals surface area contributed by atoms with Crippen LogP contribution in [0.2, 0.25) is 10.0 Å². The van der Waals surface area contributed by atoms with Gasteiger partial charge in [-0.2, -0.15) is 0 Å². The molecule has 10 heteroatoms. The highest BCUT2D eigenvalue weighted by atomic mass is 35.5. The van der Waals surface area contributed by atoms with E-state index >= 15 is 4.39 Å². The van der Waals surface area contributed by atoms with Crippen LogP contribution in [0.5, 0.6) is 5.75 Å². The third kappa shape index (κ3) is 6.10. The zero-order chi connectivity index (χ0) is 24.7. The molecule has 1 saturated heterocycles. The molecular weight excluding hydrogens is 514 g/mol. The second-order valence-corrected chi connectivity index (χ2v) is 12.5. The second kappa shape index (κ2) is 9.88. The number of nitrogens with one attached hydrogen (secondary N) is 1. The van der Waals surface area contributed by atoms with Gasteiger partial charge in [-0.15, -0.1) is 0 Å². The summed E-state index contributed by atoms with van der Waals surface area (Å²) in [4.78, 5) is 14.8. The SMILES string of the molecule is O=C(NS(=O)(=O)C1CC1)c1cc(C2CC2)c(CN2CCCC(Oc3cc(Cl)cc(Cl)c3)C2)cc1F. The number of ether oxygens (including phenoxy) is 1. The van der Waals surface area contributed by atoms with Crippen molar-refractivity contribution in [1.82, 2.24) is 9.62 Å². The summed E-state index contributed by atoms with van der Waals surface area (Å²) in [6.45, 7) is 2.04. The standard InChI is InChI=1S/C25H27Cl2FN2O4S/c26-17-9-18(27)11-20(10-17)34-19-2-1-7-30(14-19)13-16-8-24(28)23(12-22(16)15-3-4-15)25(31)29-35(32,33)21-5-6-21/h8-12,15,19,21H,1-7,13-14H2,(H,29,31). The molecule has 0 spiro atoms. The van der Waals surface area contributed by atoms with E-state index in [1.807, 2.05) is 4.72 Å². The van der Waals surface area contributed by atoms with Crippen molar-refractivity contribution < 1.29 is 22.3 Å². The molecule has 1 amide bonds. The number of hydrogen-bond acceptors (Lipinski definition) is 5. The smallest absolute Gasteiger partial charge is 0.267 e. The van der Waals surface area contributed by atoms with Crippen LogP contribution >= 0.6 is 23.2 Å². The predicted molar refractivity (Wildman–Crippen MR) is 133 cm³/mol. The van der Waals surface area contributed by atoms with Crippen molar-refractivity contribution in [2.75, 3.05) is 13.1 Å². The Hall–Kier alpha value is -1.87. The van der Waals surface area contributed by atoms with Crippen molar-refractivity contribution in [3.63, 3.8) is 0 Å². The van der Waals surface area contributed by atoms with Gasteiger partial charge in [0, 0.05) is 23.1 Å². The summed E-state index contributed by atoms with van der Waals surface area (Å²) in [7, 11) is -3.74. The Morgan fingerprint density at radius 2 is 1.77 bits per heavy atom. The molecule has 1 heterocycles. The first kappa shape index (κ1) is 24.8. The molecule has 0 aromatic heterocycles. The minimum absolute atomic E-state index is 0.0508. The molecule has 35 heavy (non-hydrogen) atoms. The molecule has 1 atom stereocenters. The van der Waals surface area contributed by atoms with Crippen molar-refractivity contribution in [3.05, 3.63) is 62.9 Å². The third-order valence-corrected chi connectivity index (χ3v) is 8.94. The third-order valence-electron chi connectivity index (χ3n) is 6.68. The monoisotopic (exact) mass is 540 g/mol. The molecule has 3 aliphatic rings. The largest absolute Gasteiger partial charge is 0.489 e. The van der Waals surface area contributed by atoms with Gasteiger partial charge >= 0.3 is 0 Å². The number of nitrogens with zero attached hydrogens (tertiary/aromatic N) is 1. The number of rotatable bonds is 8. The summed E-state index contributed by atoms with van der Waals surface area (Å²) < 4.78 is 47.5. The highest BCUT2D eigenvalue weighted by Gasteiger charge is 2.38. The zero-order valence-electron chi connectivity index (χ0n) is 19.1. The van der Waals surface area contributed by atoms with E-state index in [1.165, 1.54) is 6.07 Å². The van der Waals surface area contributed by atoms with Gasteiger partial charge in [0.05, 0.1) is 10.8 Å². The topological polar surface area (TPSA) is 75.7 Å². The van der Waals surface area contributed by atoms with Crippen molar-refractivity contribution in [2.45, 2.75) is 62.3 Å².